The number of carbonyl (C=O) groups excluding carboxylic acids is 1. The number of rotatable bonds is 22. The molecule has 0 amide bonds. The Bertz CT molecular complexity index is 735. The fourth-order valence-corrected chi connectivity index (χ4v) is 5.38. The van der Waals surface area contributed by atoms with Gasteiger partial charge in [-0.15, -0.1) is 0 Å². The van der Waals surface area contributed by atoms with E-state index in [-0.39, 0.29) is 4.75 Å². The molecule has 0 aliphatic rings. The van der Waals surface area contributed by atoms with E-state index in [1.165, 1.54) is 81.9 Å². The summed E-state index contributed by atoms with van der Waals surface area (Å²) in [5.41, 5.74) is 1.20. The highest BCUT2D eigenvalue weighted by Gasteiger charge is 2.19. The van der Waals surface area contributed by atoms with Crippen molar-refractivity contribution in [1.82, 2.24) is 0 Å². The first kappa shape index (κ1) is 36.5. The average molecular weight is 545 g/mol. The Morgan fingerprint density at radius 1 is 0.842 bits per heavy atom. The Morgan fingerprint density at radius 2 is 1.47 bits per heavy atom. The molecule has 0 bridgehead atoms. The molecule has 0 aliphatic carbocycles. The molecule has 1 aromatic rings. The Balaban J connectivity index is 0.000000724. The van der Waals surface area contributed by atoms with E-state index in [0.29, 0.717) is 12.2 Å². The van der Waals surface area contributed by atoms with Crippen molar-refractivity contribution in [2.24, 2.45) is 0 Å². The summed E-state index contributed by atoms with van der Waals surface area (Å²) in [6.07, 6.45) is 27.7. The zero-order chi connectivity index (χ0) is 28.3. The molecule has 2 nitrogen and oxygen atoms in total. The smallest absolute Gasteiger partial charge is 0.131 e. The highest BCUT2D eigenvalue weighted by atomic mass is 32.2. The lowest BCUT2D eigenvalue weighted by Gasteiger charge is -2.22. The third-order valence-electron chi connectivity index (χ3n) is 6.27. The van der Waals surface area contributed by atoms with Gasteiger partial charge in [0.25, 0.3) is 0 Å². The molecule has 1 rings (SSSR count). The third-order valence-corrected chi connectivity index (χ3v) is 7.69. The van der Waals surface area contributed by atoms with Gasteiger partial charge in [0.1, 0.15) is 11.5 Å². The summed E-state index contributed by atoms with van der Waals surface area (Å²) in [6.45, 7) is 13.5. The minimum atomic E-state index is 0.130. The van der Waals surface area contributed by atoms with Crippen LogP contribution in [0.2, 0.25) is 0 Å². The van der Waals surface area contributed by atoms with Gasteiger partial charge >= 0.3 is 0 Å². The quantitative estimate of drug-likeness (QED) is 0.107. The lowest BCUT2D eigenvalue weighted by Crippen LogP contribution is -2.19. The minimum Gasteiger partial charge on any atom is -0.494 e. The molecule has 0 spiro atoms. The molecule has 0 aliphatic heterocycles. The number of hydrogen-bond donors (Lipinski definition) is 0. The van der Waals surface area contributed by atoms with Crippen molar-refractivity contribution >= 4 is 23.6 Å². The van der Waals surface area contributed by atoms with Crippen LogP contribution in [0.1, 0.15) is 143 Å². The minimum absolute atomic E-state index is 0.130. The van der Waals surface area contributed by atoms with E-state index in [0.717, 1.165) is 31.6 Å². The van der Waals surface area contributed by atoms with Gasteiger partial charge in [0, 0.05) is 11.2 Å². The summed E-state index contributed by atoms with van der Waals surface area (Å²) in [5, 5.41) is 0. The van der Waals surface area contributed by atoms with Crippen molar-refractivity contribution in [1.29, 1.82) is 0 Å². The predicted molar refractivity (Wildman–Crippen MR) is 174 cm³/mol. The van der Waals surface area contributed by atoms with Crippen molar-refractivity contribution in [2.75, 3.05) is 12.4 Å². The molecule has 0 saturated heterocycles. The molecule has 1 aromatic carbocycles. The maximum absolute atomic E-state index is 11.1. The summed E-state index contributed by atoms with van der Waals surface area (Å²) in [4.78, 5) is 11.1. The fourth-order valence-electron chi connectivity index (χ4n) is 4.18. The number of thioether (sulfide) groups is 1. The van der Waals surface area contributed by atoms with Gasteiger partial charge in [-0.2, -0.15) is 11.8 Å². The van der Waals surface area contributed by atoms with Crippen molar-refractivity contribution in [3.63, 3.8) is 0 Å². The van der Waals surface area contributed by atoms with E-state index in [2.05, 4.69) is 71.1 Å². The number of allylic oxidation sites excluding steroid dienone is 3. The molecule has 0 saturated carbocycles. The van der Waals surface area contributed by atoms with Crippen LogP contribution in [0.4, 0.5) is 0 Å². The van der Waals surface area contributed by atoms with Gasteiger partial charge in [0.15, 0.2) is 0 Å². The largest absolute Gasteiger partial charge is 0.494 e. The first-order chi connectivity index (χ1) is 18.3. The van der Waals surface area contributed by atoms with Crippen LogP contribution in [-0.2, 0) is 4.79 Å². The van der Waals surface area contributed by atoms with E-state index in [4.69, 9.17) is 4.74 Å². The molecule has 0 heterocycles. The highest BCUT2D eigenvalue weighted by molar-refractivity contribution is 8.00. The standard InChI is InChI=1S/C18H36OS.C17H24O/c1-5-6-7-8-9-10-11-12-13-14-15-20-18(3,4)16-17(2)19;1-3-5-7-8-9-11-16-12-10-13-17(15-16)18-14-6-4-2/h5-16H2,1-4H3;5,7,9-13,15H,3-4,6,8,14H2,1-2H3/b;7-5-,11-9+. The highest BCUT2D eigenvalue weighted by Crippen LogP contribution is 2.29. The van der Waals surface area contributed by atoms with Crippen molar-refractivity contribution in [2.45, 2.75) is 143 Å². The molecular weight excluding hydrogens is 484 g/mol. The van der Waals surface area contributed by atoms with Crippen molar-refractivity contribution in [3.8, 4) is 5.75 Å². The van der Waals surface area contributed by atoms with Gasteiger partial charge in [0.2, 0.25) is 0 Å². The molecule has 0 fully saturated rings. The van der Waals surface area contributed by atoms with Gasteiger partial charge in [-0.3, -0.25) is 4.79 Å². The molecule has 218 valence electrons. The second-order valence-corrected chi connectivity index (χ2v) is 12.8. The van der Waals surface area contributed by atoms with Crippen LogP contribution >= 0.6 is 11.8 Å². The summed E-state index contributed by atoms with van der Waals surface area (Å²) in [6, 6.07) is 8.26. The Morgan fingerprint density at radius 3 is 2.08 bits per heavy atom. The van der Waals surface area contributed by atoms with E-state index in [1.807, 2.05) is 23.9 Å². The zero-order valence-corrected chi connectivity index (χ0v) is 26.7. The van der Waals surface area contributed by atoms with Crippen LogP contribution in [0.15, 0.2) is 42.5 Å². The van der Waals surface area contributed by atoms with Crippen molar-refractivity contribution < 1.29 is 9.53 Å². The Kier molecular flexibility index (Phi) is 24.8. The zero-order valence-electron chi connectivity index (χ0n) is 25.9. The molecule has 3 heteroatoms. The topological polar surface area (TPSA) is 26.3 Å². The second-order valence-electron chi connectivity index (χ2n) is 11.0. The number of carbonyl (C=O) groups is 1. The van der Waals surface area contributed by atoms with Gasteiger partial charge in [-0.1, -0.05) is 135 Å². The second kappa shape index (κ2) is 25.8. The van der Waals surface area contributed by atoms with Gasteiger partial charge in [0.05, 0.1) is 6.61 Å². The number of ketones is 1. The first-order valence-corrected chi connectivity index (χ1v) is 16.5. The van der Waals surface area contributed by atoms with Crippen LogP contribution in [0.5, 0.6) is 5.75 Å². The maximum Gasteiger partial charge on any atom is 0.131 e. The number of benzene rings is 1. The molecule has 0 atom stereocenters. The molecule has 0 N–H and O–H groups in total. The number of hydrogen-bond acceptors (Lipinski definition) is 3. The maximum atomic E-state index is 11.1. The normalized spacial score (nSPS) is 11.6. The lowest BCUT2D eigenvalue weighted by molar-refractivity contribution is -0.117. The van der Waals surface area contributed by atoms with Crippen LogP contribution in [0.25, 0.3) is 6.08 Å². The third kappa shape index (κ3) is 24.8. The van der Waals surface area contributed by atoms with E-state index in [9.17, 15) is 4.79 Å². The van der Waals surface area contributed by atoms with Gasteiger partial charge in [-0.05, 0) is 56.1 Å². The molecular formula is C35H60O2S. The Labute approximate surface area is 241 Å². The number of Topliss-reactive ketones (excluding diaryl/α,β-unsaturated/α-hetero) is 1. The van der Waals surface area contributed by atoms with Crippen LogP contribution in [0.3, 0.4) is 0 Å². The van der Waals surface area contributed by atoms with Crippen molar-refractivity contribution in [3.05, 3.63) is 48.1 Å². The first-order valence-electron chi connectivity index (χ1n) is 15.5. The van der Waals surface area contributed by atoms with Gasteiger partial charge in [-0.25, -0.2) is 0 Å². The fraction of sp³-hybridized carbons (Fsp3) is 0.686. The van der Waals surface area contributed by atoms with Crippen LogP contribution in [-0.4, -0.2) is 22.9 Å². The summed E-state index contributed by atoms with van der Waals surface area (Å²) < 4.78 is 5.81. The SMILES string of the molecule is CC/C=C\C/C=C/c1cccc(OCCCC)c1.CCCCCCCCCCCCSC(C)(C)CC(C)=O. The van der Waals surface area contributed by atoms with E-state index in [1.54, 1.807) is 6.92 Å². The summed E-state index contributed by atoms with van der Waals surface area (Å²) in [7, 11) is 0. The van der Waals surface area contributed by atoms with E-state index < -0.39 is 0 Å². The summed E-state index contributed by atoms with van der Waals surface area (Å²) in [5.74, 6) is 2.48. The average Bonchev–Trinajstić information content (AvgIpc) is 2.87. The summed E-state index contributed by atoms with van der Waals surface area (Å²) >= 11 is 1.96. The van der Waals surface area contributed by atoms with Crippen LogP contribution < -0.4 is 4.74 Å². The molecule has 0 aromatic heterocycles. The Hall–Kier alpha value is -1.48. The molecule has 0 unspecified atom stereocenters. The number of unbranched alkanes of at least 4 members (excludes halogenated alkanes) is 10. The van der Waals surface area contributed by atoms with Crippen LogP contribution in [0, 0.1) is 0 Å². The molecule has 0 radical (unpaired) electrons. The molecule has 38 heavy (non-hydrogen) atoms. The number of ether oxygens (including phenoxy) is 1. The lowest BCUT2D eigenvalue weighted by atomic mass is 10.1. The monoisotopic (exact) mass is 544 g/mol. The predicted octanol–water partition coefficient (Wildman–Crippen LogP) is 11.6. The van der Waals surface area contributed by atoms with E-state index >= 15 is 0 Å². The van der Waals surface area contributed by atoms with Gasteiger partial charge < -0.3 is 4.74 Å².